The average Bonchev–Trinajstić information content (AvgIpc) is 3.60. The van der Waals surface area contributed by atoms with E-state index >= 15 is 0 Å². The van der Waals surface area contributed by atoms with Crippen molar-refractivity contribution in [3.63, 3.8) is 0 Å². The van der Waals surface area contributed by atoms with Crippen LogP contribution >= 0.6 is 0 Å². The summed E-state index contributed by atoms with van der Waals surface area (Å²) < 4.78 is 1.42. The molecule has 0 aliphatic heterocycles. The molecule has 246 valence electrons. The first-order chi connectivity index (χ1) is 21.0. The van der Waals surface area contributed by atoms with Crippen LogP contribution < -0.4 is 24.8 Å². The second kappa shape index (κ2) is 16.8. The fraction of sp³-hybridized carbons (Fsp3) is 0.318. The molecule has 47 heavy (non-hydrogen) atoms. The maximum atomic E-state index is 3.30. The molecule has 0 saturated heterocycles. The molecule has 0 atom stereocenters. The van der Waals surface area contributed by atoms with E-state index in [1.165, 1.54) is 82.4 Å². The predicted octanol–water partition coefficient (Wildman–Crippen LogP) is 6.23. The van der Waals surface area contributed by atoms with Gasteiger partial charge in [0.2, 0.25) is 0 Å². The summed E-state index contributed by atoms with van der Waals surface area (Å²) in [4.78, 5) is 0. The number of rotatable bonds is 2. The molecule has 5 aromatic rings. The van der Waals surface area contributed by atoms with Gasteiger partial charge in [0, 0.05) is 0 Å². The van der Waals surface area contributed by atoms with E-state index < -0.39 is 0 Å². The van der Waals surface area contributed by atoms with Gasteiger partial charge in [-0.1, -0.05) is 105 Å². The van der Waals surface area contributed by atoms with Crippen molar-refractivity contribution in [1.82, 2.24) is 0 Å². The van der Waals surface area contributed by atoms with E-state index in [0.717, 1.165) is 6.42 Å². The van der Waals surface area contributed by atoms with Crippen molar-refractivity contribution in [3.8, 4) is 0 Å². The first kappa shape index (κ1) is 40.7. The van der Waals surface area contributed by atoms with Gasteiger partial charge in [-0.3, -0.25) is 6.08 Å². The van der Waals surface area contributed by atoms with Crippen LogP contribution in [-0.2, 0) is 35.1 Å². The van der Waals surface area contributed by atoms with Crippen molar-refractivity contribution in [2.45, 2.75) is 86.5 Å². The van der Waals surface area contributed by atoms with Gasteiger partial charge < -0.3 is 24.8 Å². The third-order valence-electron chi connectivity index (χ3n) is 8.47. The van der Waals surface area contributed by atoms with E-state index in [-0.39, 0.29) is 35.6 Å². The number of benzene rings is 4. The van der Waals surface area contributed by atoms with Crippen LogP contribution in [0.5, 0.6) is 0 Å². The van der Waals surface area contributed by atoms with Crippen LogP contribution in [0.15, 0.2) is 120 Å². The Morgan fingerprint density at radius 2 is 1.00 bits per heavy atom. The Morgan fingerprint density at radius 3 is 1.30 bits per heavy atom. The van der Waals surface area contributed by atoms with Crippen molar-refractivity contribution in [3.05, 3.63) is 149 Å². The van der Waals surface area contributed by atoms with Crippen molar-refractivity contribution in [2.75, 3.05) is 0 Å². The van der Waals surface area contributed by atoms with Crippen LogP contribution in [0.3, 0.4) is 0 Å². The second-order valence-electron chi connectivity index (χ2n) is 15.3. The van der Waals surface area contributed by atoms with Crippen molar-refractivity contribution >= 4 is 24.8 Å². The standard InChI is InChI=1S/C21H25.C13H10.C10H15.2ClH.Zr/c1-20(2,3)16-7-9-18-14(12-16)11-15-13-17(21(4,5)6)8-10-19(15)18;1-3-7-12(8-4-1)11-13-9-5-2-6-10-13;1-8-5-6-9(7-8)10(2,3)4;;;/h7-13H,1-6H3;1-10H;7H,6H2,1-4H3;2*1H;/q-1;;-1;;;+2/p-2. The minimum atomic E-state index is 0. The Kier molecular flexibility index (Phi) is 14.6. The molecule has 0 fully saturated rings. The molecule has 3 heteroatoms. The summed E-state index contributed by atoms with van der Waals surface area (Å²) in [5, 5.41) is 5.48. The zero-order chi connectivity index (χ0) is 33.0. The summed E-state index contributed by atoms with van der Waals surface area (Å²) in [6.45, 7) is 22.5. The molecule has 5 aromatic carbocycles. The van der Waals surface area contributed by atoms with Crippen LogP contribution in [0.2, 0.25) is 0 Å². The molecule has 0 heterocycles. The van der Waals surface area contributed by atoms with E-state index in [0.29, 0.717) is 5.41 Å². The second-order valence-corrected chi connectivity index (χ2v) is 16.5. The molecule has 0 saturated carbocycles. The van der Waals surface area contributed by atoms with Gasteiger partial charge >= 0.3 is 99.2 Å². The number of halogens is 2. The van der Waals surface area contributed by atoms with Crippen molar-refractivity contribution in [1.29, 1.82) is 0 Å². The first-order valence-electron chi connectivity index (χ1n) is 16.2. The normalized spacial score (nSPS) is 12.9. The summed E-state index contributed by atoms with van der Waals surface area (Å²) >= 11 is 1.46. The first-order valence-corrected chi connectivity index (χ1v) is 17.4. The Labute approximate surface area is 312 Å². The molecular weight excluding hydrogens is 691 g/mol. The van der Waals surface area contributed by atoms with Crippen LogP contribution in [-0.4, -0.2) is 3.21 Å². The number of hydrogen-bond acceptors (Lipinski definition) is 0. The SMILES string of the molecule is CC(C)(C)c1ccc2c(c1)[cH-]c1cc(C(C)(C)C)ccc12.CC1=[C-]CC(C(C)(C)C)=C1.[Cl-].[Cl-].[Zr+2]=[C](c1ccccc1)c1ccccc1. The molecule has 0 bridgehead atoms. The van der Waals surface area contributed by atoms with Gasteiger partial charge in [-0.15, -0.1) is 46.2 Å². The van der Waals surface area contributed by atoms with Crippen molar-refractivity contribution < 1.29 is 49.0 Å². The van der Waals surface area contributed by atoms with Crippen molar-refractivity contribution in [2.24, 2.45) is 5.41 Å². The Balaban J connectivity index is 0.000000258. The fourth-order valence-electron chi connectivity index (χ4n) is 5.41. The zero-order valence-corrected chi connectivity index (χ0v) is 33.8. The Bertz CT molecular complexity index is 1710. The Morgan fingerprint density at radius 1 is 0.596 bits per heavy atom. The summed E-state index contributed by atoms with van der Waals surface area (Å²) in [6, 6.07) is 37.3. The van der Waals surface area contributed by atoms with Gasteiger partial charge in [-0.05, 0) is 16.2 Å². The molecule has 0 N–H and O–H groups in total. The topological polar surface area (TPSA) is 0 Å². The predicted molar refractivity (Wildman–Crippen MR) is 195 cm³/mol. The number of hydrogen-bond donors (Lipinski definition) is 0. The summed E-state index contributed by atoms with van der Waals surface area (Å²) in [5.41, 5.74) is 9.01. The average molecular weight is 741 g/mol. The zero-order valence-electron chi connectivity index (χ0n) is 29.9. The summed E-state index contributed by atoms with van der Waals surface area (Å²) in [7, 11) is 0. The van der Waals surface area contributed by atoms with Crippen LogP contribution in [0, 0.1) is 11.5 Å². The Hall–Kier alpha value is -2.44. The van der Waals surface area contributed by atoms with Crippen LogP contribution in [0.4, 0.5) is 0 Å². The molecule has 0 spiro atoms. The maximum absolute atomic E-state index is 3.30. The minimum absolute atomic E-state index is 0. The van der Waals surface area contributed by atoms with Crippen LogP contribution in [0.25, 0.3) is 21.5 Å². The molecular formula is C44H50Cl2Zr-2. The molecule has 0 unspecified atom stereocenters. The molecule has 1 aliphatic carbocycles. The summed E-state index contributed by atoms with van der Waals surface area (Å²) in [6.07, 6.45) is 6.59. The van der Waals surface area contributed by atoms with Gasteiger partial charge in [0.25, 0.3) is 0 Å². The quantitative estimate of drug-likeness (QED) is 0.189. The van der Waals surface area contributed by atoms with Gasteiger partial charge in [0.1, 0.15) is 0 Å². The van der Waals surface area contributed by atoms with Gasteiger partial charge in [0.15, 0.2) is 0 Å². The van der Waals surface area contributed by atoms with Gasteiger partial charge in [-0.2, -0.15) is 5.57 Å². The fourth-order valence-corrected chi connectivity index (χ4v) is 6.23. The number of allylic oxidation sites excluding steroid dienone is 4. The van der Waals surface area contributed by atoms with E-state index in [9.17, 15) is 0 Å². The molecule has 0 radical (unpaired) electrons. The van der Waals surface area contributed by atoms with Gasteiger partial charge in [0.05, 0.1) is 0 Å². The molecule has 0 aromatic heterocycles. The van der Waals surface area contributed by atoms with Gasteiger partial charge in [-0.25, -0.2) is 11.6 Å². The van der Waals surface area contributed by atoms with E-state index in [4.69, 9.17) is 0 Å². The van der Waals surface area contributed by atoms with E-state index in [1.807, 2.05) is 0 Å². The molecule has 0 nitrogen and oxygen atoms in total. The number of fused-ring (bicyclic) bond motifs is 3. The molecule has 0 amide bonds. The third-order valence-corrected chi connectivity index (χ3v) is 9.89. The monoisotopic (exact) mass is 738 g/mol. The molecule has 6 rings (SSSR count). The van der Waals surface area contributed by atoms with E-state index in [2.05, 4.69) is 185 Å². The summed E-state index contributed by atoms with van der Waals surface area (Å²) in [5.74, 6) is 0. The third kappa shape index (κ3) is 11.0. The van der Waals surface area contributed by atoms with E-state index in [1.54, 1.807) is 0 Å². The molecule has 1 aliphatic rings. The van der Waals surface area contributed by atoms with Crippen LogP contribution in [0.1, 0.15) is 97.9 Å².